The Labute approximate surface area is 74.2 Å². The number of hydrogen-bond donors (Lipinski definition) is 0. The summed E-state index contributed by atoms with van der Waals surface area (Å²) in [4.78, 5) is 0. The summed E-state index contributed by atoms with van der Waals surface area (Å²) >= 11 is 0. The van der Waals surface area contributed by atoms with Crippen molar-refractivity contribution in [2.45, 2.75) is 38.5 Å². The molecule has 12 heavy (non-hydrogen) atoms. The lowest BCUT2D eigenvalue weighted by Gasteiger charge is -2.08. The molecule has 0 aliphatic carbocycles. The second-order valence-corrected chi connectivity index (χ2v) is 4.96. The standard InChI is InChI=1S/C8H16O3S/c9-12(10)8-6-4-2-1-3-5-7-11-12/h1-8H2. The zero-order valence-electron chi connectivity index (χ0n) is 7.29. The Bertz CT molecular complexity index is 192. The minimum Gasteiger partial charge on any atom is -0.270 e. The molecule has 0 amide bonds. The van der Waals surface area contributed by atoms with Crippen LogP contribution in [-0.4, -0.2) is 20.8 Å². The van der Waals surface area contributed by atoms with Crippen molar-refractivity contribution in [2.24, 2.45) is 0 Å². The maximum absolute atomic E-state index is 11.1. The second-order valence-electron chi connectivity index (χ2n) is 3.21. The van der Waals surface area contributed by atoms with Gasteiger partial charge in [-0.3, -0.25) is 4.18 Å². The summed E-state index contributed by atoms with van der Waals surface area (Å²) in [7, 11) is -3.18. The lowest BCUT2D eigenvalue weighted by Crippen LogP contribution is -2.12. The molecule has 0 aromatic carbocycles. The highest BCUT2D eigenvalue weighted by Gasteiger charge is 2.11. The predicted molar refractivity (Wildman–Crippen MR) is 47.4 cm³/mol. The van der Waals surface area contributed by atoms with E-state index in [-0.39, 0.29) is 5.75 Å². The maximum Gasteiger partial charge on any atom is 0.267 e. The lowest BCUT2D eigenvalue weighted by molar-refractivity contribution is 0.302. The Morgan fingerprint density at radius 2 is 1.42 bits per heavy atom. The van der Waals surface area contributed by atoms with Crippen molar-refractivity contribution in [1.29, 1.82) is 0 Å². The van der Waals surface area contributed by atoms with E-state index in [1.54, 1.807) is 0 Å². The van der Waals surface area contributed by atoms with E-state index in [9.17, 15) is 8.42 Å². The molecule has 0 saturated carbocycles. The van der Waals surface area contributed by atoms with E-state index in [4.69, 9.17) is 4.18 Å². The van der Waals surface area contributed by atoms with Crippen LogP contribution in [0.3, 0.4) is 0 Å². The fourth-order valence-electron chi connectivity index (χ4n) is 1.33. The quantitative estimate of drug-likeness (QED) is 0.548. The van der Waals surface area contributed by atoms with Gasteiger partial charge >= 0.3 is 0 Å². The minimum atomic E-state index is -3.18. The zero-order chi connectivity index (χ0) is 8.86. The van der Waals surface area contributed by atoms with E-state index in [1.807, 2.05) is 0 Å². The van der Waals surface area contributed by atoms with Gasteiger partial charge in [0.05, 0.1) is 12.4 Å². The summed E-state index contributed by atoms with van der Waals surface area (Å²) in [6, 6.07) is 0. The molecule has 1 heterocycles. The first-order chi connectivity index (χ1) is 5.71. The van der Waals surface area contributed by atoms with Crippen LogP contribution in [0, 0.1) is 0 Å². The van der Waals surface area contributed by atoms with Crippen molar-refractivity contribution in [3.63, 3.8) is 0 Å². The first-order valence-corrected chi connectivity index (χ1v) is 6.15. The van der Waals surface area contributed by atoms with Crippen LogP contribution in [-0.2, 0) is 14.3 Å². The van der Waals surface area contributed by atoms with Crippen molar-refractivity contribution in [2.75, 3.05) is 12.4 Å². The lowest BCUT2D eigenvalue weighted by atomic mass is 10.1. The van der Waals surface area contributed by atoms with Gasteiger partial charge in [0.15, 0.2) is 0 Å². The normalized spacial score (nSPS) is 26.3. The van der Waals surface area contributed by atoms with Crippen LogP contribution in [0.5, 0.6) is 0 Å². The zero-order valence-corrected chi connectivity index (χ0v) is 8.11. The molecule has 1 aliphatic rings. The number of hydrogen-bond acceptors (Lipinski definition) is 3. The van der Waals surface area contributed by atoms with Crippen LogP contribution < -0.4 is 0 Å². The molecule has 0 bridgehead atoms. The summed E-state index contributed by atoms with van der Waals surface area (Å²) in [5.74, 6) is 0.201. The minimum absolute atomic E-state index is 0.201. The molecule has 0 radical (unpaired) electrons. The van der Waals surface area contributed by atoms with E-state index >= 15 is 0 Å². The summed E-state index contributed by atoms with van der Waals surface area (Å²) < 4.78 is 26.9. The molecule has 0 aromatic rings. The molecule has 1 fully saturated rings. The topological polar surface area (TPSA) is 43.4 Å². The van der Waals surface area contributed by atoms with E-state index in [2.05, 4.69) is 0 Å². The van der Waals surface area contributed by atoms with Gasteiger partial charge in [0.25, 0.3) is 10.1 Å². The third kappa shape index (κ3) is 4.07. The van der Waals surface area contributed by atoms with Crippen molar-refractivity contribution >= 4 is 10.1 Å². The highest BCUT2D eigenvalue weighted by molar-refractivity contribution is 7.86. The van der Waals surface area contributed by atoms with E-state index in [0.717, 1.165) is 32.1 Å². The summed E-state index contributed by atoms with van der Waals surface area (Å²) in [5.41, 5.74) is 0. The van der Waals surface area contributed by atoms with Crippen molar-refractivity contribution < 1.29 is 12.6 Å². The largest absolute Gasteiger partial charge is 0.270 e. The summed E-state index contributed by atoms with van der Waals surface area (Å²) in [6.45, 7) is 0.377. The first-order valence-electron chi connectivity index (χ1n) is 4.58. The Hall–Kier alpha value is -0.0900. The summed E-state index contributed by atoms with van der Waals surface area (Å²) in [6.07, 6.45) is 6.11. The van der Waals surface area contributed by atoms with Gasteiger partial charge in [0.1, 0.15) is 0 Å². The van der Waals surface area contributed by atoms with Gasteiger partial charge in [0, 0.05) is 0 Å². The van der Waals surface area contributed by atoms with Gasteiger partial charge in [-0.1, -0.05) is 25.7 Å². The van der Waals surface area contributed by atoms with Gasteiger partial charge in [-0.25, -0.2) is 0 Å². The molecule has 3 nitrogen and oxygen atoms in total. The second kappa shape index (κ2) is 4.82. The molecule has 1 rings (SSSR count). The van der Waals surface area contributed by atoms with Gasteiger partial charge in [-0.05, 0) is 12.8 Å². The highest BCUT2D eigenvalue weighted by Crippen LogP contribution is 2.10. The van der Waals surface area contributed by atoms with Gasteiger partial charge in [-0.15, -0.1) is 0 Å². The predicted octanol–water partition coefficient (Wildman–Crippen LogP) is 1.69. The van der Waals surface area contributed by atoms with Gasteiger partial charge in [0.2, 0.25) is 0 Å². The highest BCUT2D eigenvalue weighted by atomic mass is 32.2. The molecular formula is C8H16O3S. The molecule has 0 spiro atoms. The van der Waals surface area contributed by atoms with Gasteiger partial charge in [-0.2, -0.15) is 8.42 Å². The molecule has 0 unspecified atom stereocenters. The molecular weight excluding hydrogens is 176 g/mol. The van der Waals surface area contributed by atoms with E-state index < -0.39 is 10.1 Å². The molecule has 1 saturated heterocycles. The molecule has 0 atom stereocenters. The molecule has 0 aromatic heterocycles. The third-order valence-corrected chi connectivity index (χ3v) is 3.37. The van der Waals surface area contributed by atoms with Crippen LogP contribution in [0.4, 0.5) is 0 Å². The third-order valence-electron chi connectivity index (χ3n) is 2.05. The van der Waals surface area contributed by atoms with E-state index in [1.165, 1.54) is 6.42 Å². The Morgan fingerprint density at radius 3 is 2.17 bits per heavy atom. The maximum atomic E-state index is 11.1. The van der Waals surface area contributed by atoms with Gasteiger partial charge < -0.3 is 0 Å². The van der Waals surface area contributed by atoms with Crippen LogP contribution in [0.15, 0.2) is 0 Å². The van der Waals surface area contributed by atoms with E-state index in [0.29, 0.717) is 6.61 Å². The molecule has 72 valence electrons. The smallest absolute Gasteiger partial charge is 0.267 e. The van der Waals surface area contributed by atoms with Crippen molar-refractivity contribution in [3.8, 4) is 0 Å². The van der Waals surface area contributed by atoms with Crippen LogP contribution in [0.1, 0.15) is 38.5 Å². The van der Waals surface area contributed by atoms with Crippen LogP contribution in [0.25, 0.3) is 0 Å². The fourth-order valence-corrected chi connectivity index (χ4v) is 2.38. The Balaban J connectivity index is 2.38. The molecule has 4 heteroatoms. The summed E-state index contributed by atoms with van der Waals surface area (Å²) in [5, 5.41) is 0. The SMILES string of the molecule is O=S1(=O)CCCCCCCCO1. The van der Waals surface area contributed by atoms with Crippen molar-refractivity contribution in [1.82, 2.24) is 0 Å². The Kier molecular flexibility index (Phi) is 4.01. The Morgan fingerprint density at radius 1 is 0.833 bits per heavy atom. The van der Waals surface area contributed by atoms with Crippen LogP contribution >= 0.6 is 0 Å². The molecule has 0 N–H and O–H groups in total. The first kappa shape index (κ1) is 9.99. The van der Waals surface area contributed by atoms with Crippen LogP contribution in [0.2, 0.25) is 0 Å². The molecule has 1 aliphatic heterocycles. The fraction of sp³-hybridized carbons (Fsp3) is 1.00. The average Bonchev–Trinajstić information content (AvgIpc) is 2.02. The monoisotopic (exact) mass is 192 g/mol. The average molecular weight is 192 g/mol. The van der Waals surface area contributed by atoms with Crippen molar-refractivity contribution in [3.05, 3.63) is 0 Å². The number of rotatable bonds is 0.